The summed E-state index contributed by atoms with van der Waals surface area (Å²) in [7, 11) is 0. The van der Waals surface area contributed by atoms with E-state index in [-0.39, 0.29) is 6.04 Å². The summed E-state index contributed by atoms with van der Waals surface area (Å²) in [5, 5.41) is 1.35. The zero-order valence-electron chi connectivity index (χ0n) is 8.34. The highest BCUT2D eigenvalue weighted by atomic mass is 35.5. The van der Waals surface area contributed by atoms with E-state index in [2.05, 4.69) is 12.0 Å². The fourth-order valence-electron chi connectivity index (χ4n) is 1.39. The Morgan fingerprint density at radius 3 is 2.47 bits per heavy atom. The van der Waals surface area contributed by atoms with E-state index in [1.54, 1.807) is 0 Å². The number of halogens is 2. The molecule has 1 unspecified atom stereocenters. The minimum Gasteiger partial charge on any atom is -0.271 e. The minimum atomic E-state index is 0.111. The summed E-state index contributed by atoms with van der Waals surface area (Å²) in [6.07, 6.45) is 3.29. The number of hydrogen-bond donors (Lipinski definition) is 2. The Morgan fingerprint density at radius 1 is 1.40 bits per heavy atom. The topological polar surface area (TPSA) is 38.0 Å². The fourth-order valence-corrected chi connectivity index (χ4v) is 1.94. The Balaban J connectivity index is 2.82. The fraction of sp³-hybridized carbons (Fsp3) is 0.273. The molecule has 4 heteroatoms. The smallest absolute Gasteiger partial charge is 0.0453 e. The predicted octanol–water partition coefficient (Wildman–Crippen LogP) is 2.94. The van der Waals surface area contributed by atoms with Crippen LogP contribution in [0.2, 0.25) is 10.0 Å². The van der Waals surface area contributed by atoms with Gasteiger partial charge >= 0.3 is 0 Å². The first-order valence-corrected chi connectivity index (χ1v) is 5.44. The lowest BCUT2D eigenvalue weighted by atomic mass is 10.0. The summed E-state index contributed by atoms with van der Waals surface area (Å²) < 4.78 is 0. The molecule has 1 atom stereocenters. The molecule has 15 heavy (non-hydrogen) atoms. The number of benzene rings is 1. The van der Waals surface area contributed by atoms with Crippen molar-refractivity contribution in [2.75, 3.05) is 0 Å². The molecule has 1 aromatic carbocycles. The van der Waals surface area contributed by atoms with Gasteiger partial charge in [0.15, 0.2) is 0 Å². The molecule has 0 saturated heterocycles. The minimum absolute atomic E-state index is 0.111. The maximum atomic E-state index is 6.05. The van der Waals surface area contributed by atoms with Gasteiger partial charge in [-0.3, -0.25) is 11.3 Å². The summed E-state index contributed by atoms with van der Waals surface area (Å²) in [6, 6.07) is 5.58. The van der Waals surface area contributed by atoms with Crippen LogP contribution in [0.1, 0.15) is 12.0 Å². The Hall–Kier alpha value is -0.540. The van der Waals surface area contributed by atoms with Crippen LogP contribution in [0.4, 0.5) is 0 Å². The van der Waals surface area contributed by atoms with Gasteiger partial charge in [0.25, 0.3) is 0 Å². The molecule has 3 N–H and O–H groups in total. The van der Waals surface area contributed by atoms with Crippen molar-refractivity contribution in [3.8, 4) is 0 Å². The standard InChI is InChI=1S/C11H14Cl2N2/c1-2-4-8(15-14)7-9-10(12)5-3-6-11(9)13/h2-3,5-6,8,15H,1,4,7,14H2. The van der Waals surface area contributed by atoms with E-state index in [1.165, 1.54) is 0 Å². The average Bonchev–Trinajstić information content (AvgIpc) is 2.22. The van der Waals surface area contributed by atoms with Gasteiger partial charge in [-0.1, -0.05) is 35.3 Å². The Kier molecular flexibility index (Phi) is 5.12. The van der Waals surface area contributed by atoms with Crippen LogP contribution in [0.5, 0.6) is 0 Å². The van der Waals surface area contributed by atoms with Crippen LogP contribution in [0.25, 0.3) is 0 Å². The van der Waals surface area contributed by atoms with Gasteiger partial charge < -0.3 is 0 Å². The van der Waals surface area contributed by atoms with Crippen LogP contribution in [0, 0.1) is 0 Å². The molecule has 0 fully saturated rings. The van der Waals surface area contributed by atoms with Crippen LogP contribution in [0.15, 0.2) is 30.9 Å². The molecule has 0 aliphatic rings. The lowest BCUT2D eigenvalue weighted by molar-refractivity contribution is 0.531. The second-order valence-electron chi connectivity index (χ2n) is 3.29. The molecule has 1 rings (SSSR count). The highest BCUT2D eigenvalue weighted by Crippen LogP contribution is 2.25. The van der Waals surface area contributed by atoms with Gasteiger partial charge in [0, 0.05) is 16.1 Å². The van der Waals surface area contributed by atoms with Crippen molar-refractivity contribution < 1.29 is 0 Å². The monoisotopic (exact) mass is 244 g/mol. The van der Waals surface area contributed by atoms with Gasteiger partial charge in [-0.15, -0.1) is 6.58 Å². The van der Waals surface area contributed by atoms with Gasteiger partial charge in [-0.2, -0.15) is 0 Å². The first-order chi connectivity index (χ1) is 7.19. The van der Waals surface area contributed by atoms with E-state index < -0.39 is 0 Å². The summed E-state index contributed by atoms with van der Waals surface area (Å²) in [6.45, 7) is 3.67. The van der Waals surface area contributed by atoms with E-state index in [0.717, 1.165) is 12.0 Å². The Morgan fingerprint density at radius 2 is 2.00 bits per heavy atom. The zero-order chi connectivity index (χ0) is 11.3. The number of hydrazine groups is 1. The molecule has 0 heterocycles. The van der Waals surface area contributed by atoms with Gasteiger partial charge in [0.1, 0.15) is 0 Å². The zero-order valence-corrected chi connectivity index (χ0v) is 9.85. The second-order valence-corrected chi connectivity index (χ2v) is 4.11. The summed E-state index contributed by atoms with van der Waals surface area (Å²) >= 11 is 12.1. The first kappa shape index (κ1) is 12.5. The van der Waals surface area contributed by atoms with Crippen LogP contribution < -0.4 is 11.3 Å². The number of hydrogen-bond acceptors (Lipinski definition) is 2. The molecule has 82 valence electrons. The van der Waals surface area contributed by atoms with Crippen LogP contribution >= 0.6 is 23.2 Å². The molecule has 0 saturated carbocycles. The molecule has 0 bridgehead atoms. The van der Waals surface area contributed by atoms with Crippen molar-refractivity contribution in [3.63, 3.8) is 0 Å². The molecular weight excluding hydrogens is 231 g/mol. The highest BCUT2D eigenvalue weighted by Gasteiger charge is 2.11. The Labute approximate surface area is 100 Å². The molecule has 1 aromatic rings. The van der Waals surface area contributed by atoms with E-state index in [9.17, 15) is 0 Å². The van der Waals surface area contributed by atoms with E-state index in [0.29, 0.717) is 16.5 Å². The maximum Gasteiger partial charge on any atom is 0.0453 e. The molecule has 0 aromatic heterocycles. The first-order valence-electron chi connectivity index (χ1n) is 4.69. The summed E-state index contributed by atoms with van der Waals surface area (Å²) in [5.41, 5.74) is 3.64. The van der Waals surface area contributed by atoms with E-state index in [1.807, 2.05) is 24.3 Å². The number of nitrogens with two attached hydrogens (primary N) is 1. The second kappa shape index (κ2) is 6.13. The van der Waals surface area contributed by atoms with Crippen molar-refractivity contribution in [2.24, 2.45) is 5.84 Å². The molecular formula is C11H14Cl2N2. The van der Waals surface area contributed by atoms with Gasteiger partial charge in [-0.05, 0) is 30.5 Å². The molecule has 0 aliphatic heterocycles. The van der Waals surface area contributed by atoms with Crippen molar-refractivity contribution in [2.45, 2.75) is 18.9 Å². The third-order valence-corrected chi connectivity index (χ3v) is 2.91. The third-order valence-electron chi connectivity index (χ3n) is 2.20. The molecule has 0 aliphatic carbocycles. The van der Waals surface area contributed by atoms with Crippen molar-refractivity contribution in [1.29, 1.82) is 0 Å². The molecule has 0 radical (unpaired) electrons. The predicted molar refractivity (Wildman–Crippen MR) is 66.1 cm³/mol. The van der Waals surface area contributed by atoms with Crippen molar-refractivity contribution >= 4 is 23.2 Å². The van der Waals surface area contributed by atoms with E-state index in [4.69, 9.17) is 29.0 Å². The van der Waals surface area contributed by atoms with Crippen molar-refractivity contribution in [1.82, 2.24) is 5.43 Å². The van der Waals surface area contributed by atoms with Gasteiger partial charge in [0.05, 0.1) is 0 Å². The van der Waals surface area contributed by atoms with Crippen LogP contribution in [0.3, 0.4) is 0 Å². The van der Waals surface area contributed by atoms with Crippen molar-refractivity contribution in [3.05, 3.63) is 46.5 Å². The largest absolute Gasteiger partial charge is 0.271 e. The maximum absolute atomic E-state index is 6.05. The number of rotatable bonds is 5. The Bertz CT molecular complexity index is 319. The molecule has 0 spiro atoms. The third kappa shape index (κ3) is 3.50. The highest BCUT2D eigenvalue weighted by molar-refractivity contribution is 6.35. The lowest BCUT2D eigenvalue weighted by Gasteiger charge is -2.15. The van der Waals surface area contributed by atoms with Crippen LogP contribution in [-0.4, -0.2) is 6.04 Å². The van der Waals surface area contributed by atoms with Crippen LogP contribution in [-0.2, 0) is 6.42 Å². The van der Waals surface area contributed by atoms with Gasteiger partial charge in [-0.25, -0.2) is 0 Å². The molecule has 2 nitrogen and oxygen atoms in total. The lowest BCUT2D eigenvalue weighted by Crippen LogP contribution is -2.36. The number of nitrogens with one attached hydrogen (secondary N) is 1. The SMILES string of the molecule is C=CCC(Cc1c(Cl)cccc1Cl)NN. The quantitative estimate of drug-likeness (QED) is 0.475. The average molecular weight is 245 g/mol. The summed E-state index contributed by atoms with van der Waals surface area (Å²) in [4.78, 5) is 0. The van der Waals surface area contributed by atoms with Gasteiger partial charge in [0.2, 0.25) is 0 Å². The normalized spacial score (nSPS) is 12.5. The van der Waals surface area contributed by atoms with E-state index >= 15 is 0 Å². The summed E-state index contributed by atoms with van der Waals surface area (Å²) in [5.74, 6) is 5.42. The molecule has 0 amide bonds.